The van der Waals surface area contributed by atoms with Crippen LogP contribution in [0.4, 0.5) is 11.4 Å². The molecule has 23 heavy (non-hydrogen) atoms. The van der Waals surface area contributed by atoms with Gasteiger partial charge in [-0.25, -0.2) is 8.42 Å². The summed E-state index contributed by atoms with van der Waals surface area (Å²) in [5, 5.41) is 0. The molecule has 0 N–H and O–H groups in total. The minimum absolute atomic E-state index is 0.272. The number of hydrogen-bond acceptors (Lipinski definition) is 5. The van der Waals surface area contributed by atoms with Crippen LogP contribution < -0.4 is 4.90 Å². The number of anilines is 1. The molecule has 0 saturated heterocycles. The van der Waals surface area contributed by atoms with E-state index in [1.54, 1.807) is 12.3 Å². The molecule has 0 spiro atoms. The molecule has 2 aromatic rings. The average Bonchev–Trinajstić information content (AvgIpc) is 2.52. The van der Waals surface area contributed by atoms with Gasteiger partial charge in [-0.15, -0.1) is 0 Å². The molecule has 6 heteroatoms. The molecule has 0 atom stereocenters. The molecule has 0 aromatic heterocycles. The molecule has 0 saturated carbocycles. The second-order valence-corrected chi connectivity index (χ2v) is 6.47. The van der Waals surface area contributed by atoms with Crippen molar-refractivity contribution < 1.29 is 13.0 Å². The average molecular weight is 329 g/mol. The fraction of sp³-hybridized carbons (Fsp3) is 0.118. The van der Waals surface area contributed by atoms with Crippen LogP contribution in [-0.4, -0.2) is 33.3 Å². The maximum Gasteiger partial charge on any atom is 0.125 e. The minimum Gasteiger partial charge on any atom is -0.744 e. The van der Waals surface area contributed by atoms with E-state index in [4.69, 9.17) is 0 Å². The zero-order chi connectivity index (χ0) is 17.0. The molecule has 0 heterocycles. The normalized spacial score (nSPS) is 11.6. The van der Waals surface area contributed by atoms with Crippen molar-refractivity contribution in [1.29, 1.82) is 0 Å². The zero-order valence-electron chi connectivity index (χ0n) is 12.9. The quantitative estimate of drug-likeness (QED) is 0.624. The smallest absolute Gasteiger partial charge is 0.125 e. The van der Waals surface area contributed by atoms with Gasteiger partial charge in [-0.2, -0.15) is 0 Å². The molecule has 2 rings (SSSR count). The number of benzene rings is 2. The molecule has 0 radical (unpaired) electrons. The fourth-order valence-electron chi connectivity index (χ4n) is 2.00. The predicted molar refractivity (Wildman–Crippen MR) is 92.5 cm³/mol. The maximum atomic E-state index is 11.3. The summed E-state index contributed by atoms with van der Waals surface area (Å²) >= 11 is 0. The van der Waals surface area contributed by atoms with Crippen molar-refractivity contribution in [2.24, 2.45) is 4.99 Å². The first-order valence-corrected chi connectivity index (χ1v) is 8.26. The van der Waals surface area contributed by atoms with E-state index in [1.165, 1.54) is 18.2 Å². The molecule has 0 aliphatic heterocycles. The van der Waals surface area contributed by atoms with E-state index in [2.05, 4.69) is 11.6 Å². The van der Waals surface area contributed by atoms with E-state index in [0.717, 1.165) is 11.3 Å². The van der Waals surface area contributed by atoms with E-state index in [9.17, 15) is 13.0 Å². The maximum absolute atomic E-state index is 11.3. The van der Waals surface area contributed by atoms with Crippen molar-refractivity contribution in [3.63, 3.8) is 0 Å². The lowest BCUT2D eigenvalue weighted by Crippen LogP contribution is -2.08. The molecule has 2 aromatic carbocycles. The van der Waals surface area contributed by atoms with E-state index in [-0.39, 0.29) is 10.5 Å². The van der Waals surface area contributed by atoms with Crippen LogP contribution in [0.5, 0.6) is 0 Å². The van der Waals surface area contributed by atoms with Crippen LogP contribution in [0, 0.1) is 0 Å². The van der Waals surface area contributed by atoms with Crippen LogP contribution >= 0.6 is 0 Å². The lowest BCUT2D eigenvalue weighted by Gasteiger charge is -2.12. The third-order valence-corrected chi connectivity index (χ3v) is 4.15. The first kappa shape index (κ1) is 16.9. The highest BCUT2D eigenvalue weighted by atomic mass is 32.2. The van der Waals surface area contributed by atoms with Gasteiger partial charge in [0.05, 0.1) is 10.6 Å². The summed E-state index contributed by atoms with van der Waals surface area (Å²) in [4.78, 5) is 5.90. The van der Waals surface area contributed by atoms with Gasteiger partial charge in [-0.05, 0) is 35.4 Å². The molecule has 0 unspecified atom stereocenters. The van der Waals surface area contributed by atoms with E-state index in [1.807, 2.05) is 43.3 Å². The number of rotatable bonds is 5. The largest absolute Gasteiger partial charge is 0.744 e. The summed E-state index contributed by atoms with van der Waals surface area (Å²) in [6.07, 6.45) is 2.95. The van der Waals surface area contributed by atoms with Crippen LogP contribution in [0.1, 0.15) is 11.1 Å². The second kappa shape index (κ2) is 6.76. The van der Waals surface area contributed by atoms with Gasteiger partial charge in [0.25, 0.3) is 0 Å². The lowest BCUT2D eigenvalue weighted by atomic mass is 10.2. The SMILES string of the molecule is C=Cc1ccc(N=Cc2ccc(N(C)C)cc2)cc1S(=O)(=O)[O-]. The Balaban J connectivity index is 2.31. The highest BCUT2D eigenvalue weighted by molar-refractivity contribution is 7.85. The summed E-state index contributed by atoms with van der Waals surface area (Å²) in [6.45, 7) is 3.51. The van der Waals surface area contributed by atoms with Crippen LogP contribution in [0.3, 0.4) is 0 Å². The highest BCUT2D eigenvalue weighted by Gasteiger charge is 2.07. The fourth-order valence-corrected chi connectivity index (χ4v) is 2.70. The van der Waals surface area contributed by atoms with Crippen molar-refractivity contribution >= 4 is 33.8 Å². The molecule has 0 aliphatic carbocycles. The summed E-state index contributed by atoms with van der Waals surface area (Å²) in [5.41, 5.74) is 2.60. The van der Waals surface area contributed by atoms with Gasteiger partial charge in [-0.1, -0.05) is 30.9 Å². The zero-order valence-corrected chi connectivity index (χ0v) is 13.7. The van der Waals surface area contributed by atoms with Crippen molar-refractivity contribution in [2.45, 2.75) is 4.90 Å². The van der Waals surface area contributed by atoms with Crippen molar-refractivity contribution in [2.75, 3.05) is 19.0 Å². The second-order valence-electron chi connectivity index (χ2n) is 5.12. The minimum atomic E-state index is -4.57. The summed E-state index contributed by atoms with van der Waals surface area (Å²) in [5.74, 6) is 0. The Morgan fingerprint density at radius 1 is 1.13 bits per heavy atom. The third-order valence-electron chi connectivity index (χ3n) is 3.26. The van der Waals surface area contributed by atoms with Gasteiger partial charge >= 0.3 is 0 Å². The van der Waals surface area contributed by atoms with Crippen LogP contribution in [-0.2, 0) is 10.1 Å². The number of nitrogens with zero attached hydrogens (tertiary/aromatic N) is 2. The van der Waals surface area contributed by atoms with Crippen molar-refractivity contribution in [3.05, 3.63) is 60.2 Å². The Hall–Kier alpha value is -2.44. The molecular weight excluding hydrogens is 312 g/mol. The lowest BCUT2D eigenvalue weighted by molar-refractivity contribution is 0.463. The van der Waals surface area contributed by atoms with Crippen LogP contribution in [0.15, 0.2) is 58.9 Å². The summed E-state index contributed by atoms with van der Waals surface area (Å²) < 4.78 is 33.8. The predicted octanol–water partition coefficient (Wildman–Crippen LogP) is 3.05. The van der Waals surface area contributed by atoms with Gasteiger partial charge in [0, 0.05) is 26.0 Å². The van der Waals surface area contributed by atoms with Gasteiger partial charge in [0.1, 0.15) is 10.1 Å². The molecule has 5 nitrogen and oxygen atoms in total. The highest BCUT2D eigenvalue weighted by Crippen LogP contribution is 2.23. The molecule has 0 bridgehead atoms. The van der Waals surface area contributed by atoms with Gasteiger partial charge in [0.15, 0.2) is 0 Å². The van der Waals surface area contributed by atoms with Crippen LogP contribution in [0.25, 0.3) is 6.08 Å². The number of hydrogen-bond donors (Lipinski definition) is 0. The molecular formula is C17H17N2O3S-. The molecule has 0 fully saturated rings. The van der Waals surface area contributed by atoms with Crippen molar-refractivity contribution in [3.8, 4) is 0 Å². The van der Waals surface area contributed by atoms with E-state index < -0.39 is 10.1 Å². The molecule has 0 aliphatic rings. The Labute approximate surface area is 136 Å². The Morgan fingerprint density at radius 3 is 2.30 bits per heavy atom. The standard InChI is InChI=1S/C17H18N2O3S/c1-4-14-7-8-15(11-17(14)23(20,21)22)18-12-13-5-9-16(10-6-13)19(2)3/h4-12H,1H2,2-3H3,(H,20,21,22)/p-1. The summed E-state index contributed by atoms with van der Waals surface area (Å²) in [6, 6.07) is 12.1. The Morgan fingerprint density at radius 2 is 1.78 bits per heavy atom. The van der Waals surface area contributed by atoms with Crippen LogP contribution in [0.2, 0.25) is 0 Å². The number of aliphatic imine (C=N–C) groups is 1. The van der Waals surface area contributed by atoms with Gasteiger partial charge in [0.2, 0.25) is 0 Å². The van der Waals surface area contributed by atoms with Gasteiger partial charge in [-0.3, -0.25) is 4.99 Å². The summed E-state index contributed by atoms with van der Waals surface area (Å²) in [7, 11) is -0.660. The Bertz CT molecular complexity index is 839. The first-order valence-electron chi connectivity index (χ1n) is 6.85. The van der Waals surface area contributed by atoms with E-state index in [0.29, 0.717) is 5.69 Å². The topological polar surface area (TPSA) is 72.8 Å². The van der Waals surface area contributed by atoms with E-state index >= 15 is 0 Å². The Kier molecular flexibility index (Phi) is 4.98. The third kappa shape index (κ3) is 4.28. The van der Waals surface area contributed by atoms with Gasteiger partial charge < -0.3 is 9.45 Å². The first-order chi connectivity index (χ1) is 10.8. The van der Waals surface area contributed by atoms with Crippen molar-refractivity contribution in [1.82, 2.24) is 0 Å². The molecule has 0 amide bonds. The molecule has 120 valence electrons. The monoisotopic (exact) mass is 329 g/mol.